The fraction of sp³-hybridized carbons (Fsp3) is 0.273. The Labute approximate surface area is 103 Å². The molecule has 2 aromatic rings. The molecule has 2 aromatic heterocycles. The molecule has 0 aliphatic carbocycles. The summed E-state index contributed by atoms with van der Waals surface area (Å²) in [5, 5.41) is 16.3. The van der Waals surface area contributed by atoms with Crippen LogP contribution < -0.4 is 4.74 Å². The monoisotopic (exact) mass is 248 g/mol. The average molecular weight is 248 g/mol. The minimum absolute atomic E-state index is 0.0436. The number of pyridine rings is 1. The Morgan fingerprint density at radius 2 is 2.28 bits per heavy atom. The molecule has 0 atom stereocenters. The smallest absolute Gasteiger partial charge is 0.358 e. The summed E-state index contributed by atoms with van der Waals surface area (Å²) in [6.45, 7) is 2.01. The van der Waals surface area contributed by atoms with Crippen molar-refractivity contribution in [2.45, 2.75) is 13.5 Å². The Balaban J connectivity index is 2.26. The molecule has 0 amide bonds. The van der Waals surface area contributed by atoms with Crippen LogP contribution in [-0.2, 0) is 6.54 Å². The molecule has 0 saturated heterocycles. The van der Waals surface area contributed by atoms with E-state index in [0.717, 1.165) is 5.69 Å². The molecule has 2 heterocycles. The van der Waals surface area contributed by atoms with E-state index < -0.39 is 5.97 Å². The first-order valence-electron chi connectivity index (χ1n) is 5.25. The zero-order chi connectivity index (χ0) is 13.1. The number of carboxylic acid groups (broad SMARTS) is 1. The predicted molar refractivity (Wildman–Crippen MR) is 61.6 cm³/mol. The van der Waals surface area contributed by atoms with Crippen molar-refractivity contribution < 1.29 is 14.6 Å². The third-order valence-electron chi connectivity index (χ3n) is 2.49. The molecule has 2 rings (SSSR count). The Hall–Kier alpha value is -2.44. The highest BCUT2D eigenvalue weighted by molar-refractivity contribution is 5.86. The van der Waals surface area contributed by atoms with Gasteiger partial charge in [0.05, 0.1) is 25.0 Å². The number of nitrogens with zero attached hydrogens (tertiary/aromatic N) is 4. The van der Waals surface area contributed by atoms with Gasteiger partial charge in [0, 0.05) is 6.07 Å². The van der Waals surface area contributed by atoms with Gasteiger partial charge in [0.25, 0.3) is 0 Å². The van der Waals surface area contributed by atoms with Gasteiger partial charge in [-0.2, -0.15) is 0 Å². The molecule has 0 bridgehead atoms. The number of hydrogen-bond acceptors (Lipinski definition) is 5. The molecular weight excluding hydrogens is 236 g/mol. The average Bonchev–Trinajstić information content (AvgIpc) is 2.71. The number of methoxy groups -OCH3 is 1. The first-order chi connectivity index (χ1) is 8.61. The second kappa shape index (κ2) is 4.82. The Morgan fingerprint density at radius 3 is 2.89 bits per heavy atom. The maximum atomic E-state index is 10.8. The van der Waals surface area contributed by atoms with Crippen LogP contribution in [0.1, 0.15) is 21.9 Å². The highest BCUT2D eigenvalue weighted by atomic mass is 16.5. The summed E-state index contributed by atoms with van der Waals surface area (Å²) >= 11 is 0. The Bertz CT molecular complexity index is 579. The second-order valence-corrected chi connectivity index (χ2v) is 3.66. The van der Waals surface area contributed by atoms with Crippen molar-refractivity contribution in [3.63, 3.8) is 0 Å². The molecule has 0 fully saturated rings. The van der Waals surface area contributed by atoms with Gasteiger partial charge < -0.3 is 9.84 Å². The summed E-state index contributed by atoms with van der Waals surface area (Å²) in [7, 11) is 1.54. The van der Waals surface area contributed by atoms with Crippen molar-refractivity contribution in [1.29, 1.82) is 0 Å². The molecule has 94 valence electrons. The lowest BCUT2D eigenvalue weighted by molar-refractivity contribution is 0.0689. The van der Waals surface area contributed by atoms with E-state index in [1.54, 1.807) is 13.0 Å². The fourth-order valence-electron chi connectivity index (χ4n) is 1.52. The van der Waals surface area contributed by atoms with Gasteiger partial charge in [-0.05, 0) is 13.0 Å². The first-order valence-corrected chi connectivity index (χ1v) is 5.25. The lowest BCUT2D eigenvalue weighted by Crippen LogP contribution is -2.07. The number of carbonyl (C=O) groups is 1. The summed E-state index contributed by atoms with van der Waals surface area (Å²) in [4.78, 5) is 15.1. The van der Waals surface area contributed by atoms with E-state index in [-0.39, 0.29) is 5.69 Å². The Kier molecular flexibility index (Phi) is 3.22. The lowest BCUT2D eigenvalue weighted by atomic mass is 10.3. The van der Waals surface area contributed by atoms with E-state index in [4.69, 9.17) is 9.84 Å². The summed E-state index contributed by atoms with van der Waals surface area (Å²) < 4.78 is 6.51. The molecule has 0 aliphatic rings. The SMILES string of the molecule is COc1cccc(Cn2nnc(C(=O)O)c2C)n1. The molecular formula is C11H12N4O3. The van der Waals surface area contributed by atoms with Crippen LogP contribution in [0.2, 0.25) is 0 Å². The van der Waals surface area contributed by atoms with Crippen molar-refractivity contribution in [3.8, 4) is 5.88 Å². The third kappa shape index (κ3) is 2.29. The minimum atomic E-state index is -1.09. The van der Waals surface area contributed by atoms with Gasteiger partial charge >= 0.3 is 5.97 Å². The number of rotatable bonds is 4. The molecule has 0 radical (unpaired) electrons. The van der Waals surface area contributed by atoms with Crippen molar-refractivity contribution in [2.75, 3.05) is 7.11 Å². The molecule has 18 heavy (non-hydrogen) atoms. The molecule has 0 unspecified atom stereocenters. The van der Waals surface area contributed by atoms with E-state index in [9.17, 15) is 4.79 Å². The van der Waals surface area contributed by atoms with Gasteiger partial charge in [-0.3, -0.25) is 0 Å². The van der Waals surface area contributed by atoms with Crippen molar-refractivity contribution in [3.05, 3.63) is 35.3 Å². The third-order valence-corrected chi connectivity index (χ3v) is 2.49. The first kappa shape index (κ1) is 12.0. The number of ether oxygens (including phenoxy) is 1. The molecule has 1 N–H and O–H groups in total. The molecule has 0 spiro atoms. The topological polar surface area (TPSA) is 90.1 Å². The van der Waals surface area contributed by atoms with E-state index in [2.05, 4.69) is 15.3 Å². The van der Waals surface area contributed by atoms with Crippen LogP contribution in [-0.4, -0.2) is 38.2 Å². The molecule has 0 aliphatic heterocycles. The summed E-state index contributed by atoms with van der Waals surface area (Å²) in [6, 6.07) is 5.36. The number of aromatic carboxylic acids is 1. The van der Waals surface area contributed by atoms with Crippen LogP contribution in [0, 0.1) is 6.92 Å². The van der Waals surface area contributed by atoms with Crippen LogP contribution >= 0.6 is 0 Å². The molecule has 0 aromatic carbocycles. The van der Waals surface area contributed by atoms with Gasteiger partial charge in [0.1, 0.15) is 0 Å². The zero-order valence-electron chi connectivity index (χ0n) is 9.99. The summed E-state index contributed by atoms with van der Waals surface area (Å²) in [6.07, 6.45) is 0. The summed E-state index contributed by atoms with van der Waals surface area (Å²) in [5.41, 5.74) is 1.17. The quantitative estimate of drug-likeness (QED) is 0.858. The minimum Gasteiger partial charge on any atom is -0.481 e. The fourth-order valence-corrected chi connectivity index (χ4v) is 1.52. The van der Waals surface area contributed by atoms with Gasteiger partial charge in [0.15, 0.2) is 5.69 Å². The standard InChI is InChI=1S/C11H12N4O3/c1-7-10(11(16)17)13-14-15(7)6-8-4-3-5-9(12-8)18-2/h3-5H,6H2,1-2H3,(H,16,17). The highest BCUT2D eigenvalue weighted by Gasteiger charge is 2.15. The van der Waals surface area contributed by atoms with E-state index in [1.807, 2.05) is 12.1 Å². The van der Waals surface area contributed by atoms with Crippen LogP contribution in [0.4, 0.5) is 0 Å². The largest absolute Gasteiger partial charge is 0.481 e. The number of hydrogen-bond donors (Lipinski definition) is 1. The van der Waals surface area contributed by atoms with Crippen LogP contribution in [0.3, 0.4) is 0 Å². The number of carboxylic acids is 1. The van der Waals surface area contributed by atoms with Gasteiger partial charge in [-0.25, -0.2) is 14.5 Å². The van der Waals surface area contributed by atoms with E-state index in [0.29, 0.717) is 18.1 Å². The highest BCUT2D eigenvalue weighted by Crippen LogP contribution is 2.10. The molecule has 0 saturated carbocycles. The van der Waals surface area contributed by atoms with Gasteiger partial charge in [-0.15, -0.1) is 5.10 Å². The maximum Gasteiger partial charge on any atom is 0.358 e. The predicted octanol–water partition coefficient (Wildman–Crippen LogP) is 0.737. The normalized spacial score (nSPS) is 10.3. The van der Waals surface area contributed by atoms with Gasteiger partial charge in [0.2, 0.25) is 5.88 Å². The van der Waals surface area contributed by atoms with Gasteiger partial charge in [-0.1, -0.05) is 11.3 Å². The van der Waals surface area contributed by atoms with Crippen molar-refractivity contribution in [2.24, 2.45) is 0 Å². The maximum absolute atomic E-state index is 10.8. The molecule has 7 heteroatoms. The lowest BCUT2D eigenvalue weighted by Gasteiger charge is -2.04. The second-order valence-electron chi connectivity index (χ2n) is 3.66. The summed E-state index contributed by atoms with van der Waals surface area (Å²) in [5.74, 6) is -0.582. The van der Waals surface area contributed by atoms with E-state index in [1.165, 1.54) is 11.8 Å². The molecule has 7 nitrogen and oxygen atoms in total. The van der Waals surface area contributed by atoms with Crippen molar-refractivity contribution >= 4 is 5.97 Å². The van der Waals surface area contributed by atoms with Crippen LogP contribution in [0.15, 0.2) is 18.2 Å². The number of aromatic nitrogens is 4. The van der Waals surface area contributed by atoms with Crippen molar-refractivity contribution in [1.82, 2.24) is 20.0 Å². The van der Waals surface area contributed by atoms with Crippen LogP contribution in [0.5, 0.6) is 5.88 Å². The van der Waals surface area contributed by atoms with E-state index >= 15 is 0 Å². The Morgan fingerprint density at radius 1 is 1.50 bits per heavy atom. The zero-order valence-corrected chi connectivity index (χ0v) is 9.99. The van der Waals surface area contributed by atoms with Crippen LogP contribution in [0.25, 0.3) is 0 Å².